The van der Waals surface area contributed by atoms with E-state index in [0.717, 1.165) is 27.9 Å². The van der Waals surface area contributed by atoms with Gasteiger partial charge in [0.25, 0.3) is 5.91 Å². The molecule has 142 valence electrons. The van der Waals surface area contributed by atoms with Crippen molar-refractivity contribution in [1.82, 2.24) is 9.97 Å². The molecule has 0 saturated carbocycles. The van der Waals surface area contributed by atoms with Crippen molar-refractivity contribution in [2.75, 3.05) is 18.5 Å². The molecule has 7 heteroatoms. The molecule has 1 amide bonds. The number of thiazole rings is 1. The first-order valence-electron chi connectivity index (χ1n) is 8.90. The van der Waals surface area contributed by atoms with Gasteiger partial charge in [-0.05, 0) is 37.3 Å². The van der Waals surface area contributed by atoms with Crippen molar-refractivity contribution in [3.8, 4) is 22.8 Å². The Kier molecular flexibility index (Phi) is 5.25. The van der Waals surface area contributed by atoms with Crippen LogP contribution in [0.25, 0.3) is 22.2 Å². The molecule has 2 aromatic heterocycles. The van der Waals surface area contributed by atoms with Crippen LogP contribution in [0, 0.1) is 0 Å². The van der Waals surface area contributed by atoms with Crippen molar-refractivity contribution in [1.29, 1.82) is 0 Å². The van der Waals surface area contributed by atoms with E-state index < -0.39 is 0 Å². The molecule has 0 saturated heterocycles. The number of fused-ring (bicyclic) bond motifs is 1. The third-order valence-corrected chi connectivity index (χ3v) is 4.88. The summed E-state index contributed by atoms with van der Waals surface area (Å²) in [5, 5.41) is 6.36. The van der Waals surface area contributed by atoms with Gasteiger partial charge >= 0.3 is 0 Å². The number of anilines is 1. The van der Waals surface area contributed by atoms with Crippen LogP contribution in [0.3, 0.4) is 0 Å². The van der Waals surface area contributed by atoms with Gasteiger partial charge in [0.05, 0.1) is 12.3 Å². The number of aromatic nitrogens is 2. The van der Waals surface area contributed by atoms with Crippen molar-refractivity contribution in [2.45, 2.75) is 6.92 Å². The number of ether oxygens (including phenoxy) is 2. The van der Waals surface area contributed by atoms with E-state index in [0.29, 0.717) is 17.5 Å². The second kappa shape index (κ2) is 8.14. The van der Waals surface area contributed by atoms with Gasteiger partial charge in [0.15, 0.2) is 11.7 Å². The average Bonchev–Trinajstić information content (AvgIpc) is 3.34. The zero-order valence-electron chi connectivity index (χ0n) is 15.3. The first-order chi connectivity index (χ1) is 13.7. The van der Waals surface area contributed by atoms with Crippen molar-refractivity contribution in [3.63, 3.8) is 0 Å². The average molecular weight is 393 g/mol. The second-order valence-corrected chi connectivity index (χ2v) is 6.89. The second-order valence-electron chi connectivity index (χ2n) is 6.03. The Bertz CT molecular complexity index is 1090. The van der Waals surface area contributed by atoms with Gasteiger partial charge < -0.3 is 14.5 Å². The molecule has 0 unspecified atom stereocenters. The van der Waals surface area contributed by atoms with Crippen LogP contribution in [-0.2, 0) is 4.79 Å². The molecule has 0 aliphatic heterocycles. The Morgan fingerprint density at radius 2 is 1.86 bits per heavy atom. The summed E-state index contributed by atoms with van der Waals surface area (Å²) in [7, 11) is 0. The van der Waals surface area contributed by atoms with Crippen molar-refractivity contribution < 1.29 is 14.3 Å². The highest BCUT2D eigenvalue weighted by Crippen LogP contribution is 2.30. The summed E-state index contributed by atoms with van der Waals surface area (Å²) in [5.74, 6) is 1.12. The predicted molar refractivity (Wildman–Crippen MR) is 111 cm³/mol. The molecule has 0 bridgehead atoms. The van der Waals surface area contributed by atoms with Gasteiger partial charge in [0.1, 0.15) is 11.5 Å². The number of carbonyl (C=O) groups excluding carboxylic acids is 1. The maximum Gasteiger partial charge on any atom is 0.264 e. The molecule has 2 heterocycles. The molecule has 2 aromatic carbocycles. The molecule has 4 rings (SSSR count). The number of amides is 1. The summed E-state index contributed by atoms with van der Waals surface area (Å²) in [6.45, 7) is 2.45. The molecule has 28 heavy (non-hydrogen) atoms. The minimum absolute atomic E-state index is 0.0873. The number of hydrogen-bond donors (Lipinski definition) is 2. The standard InChI is InChI=1S/C21H19N3O3S/c1-2-26-14-7-9-15(10-8-14)27-12-20(25)24-21-23-19(13-28-21)17-11-22-18-6-4-3-5-16(17)18/h3-11,13,22H,2,12H2,1H3,(H,23,24,25). The lowest BCUT2D eigenvalue weighted by Crippen LogP contribution is -2.20. The van der Waals surface area contributed by atoms with E-state index in [1.807, 2.05) is 54.9 Å². The Morgan fingerprint density at radius 1 is 1.11 bits per heavy atom. The Balaban J connectivity index is 1.36. The van der Waals surface area contributed by atoms with Gasteiger partial charge in [-0.2, -0.15) is 0 Å². The molecule has 0 fully saturated rings. The van der Waals surface area contributed by atoms with Gasteiger partial charge in [-0.3, -0.25) is 10.1 Å². The number of para-hydroxylation sites is 1. The number of carbonyl (C=O) groups is 1. The number of benzene rings is 2. The maximum atomic E-state index is 12.2. The van der Waals surface area contributed by atoms with Crippen LogP contribution in [0.2, 0.25) is 0 Å². The molecule has 0 spiro atoms. The smallest absolute Gasteiger partial charge is 0.264 e. The molecule has 4 aromatic rings. The topological polar surface area (TPSA) is 76.2 Å². The summed E-state index contributed by atoms with van der Waals surface area (Å²) >= 11 is 1.38. The third kappa shape index (κ3) is 3.99. The largest absolute Gasteiger partial charge is 0.494 e. The fraction of sp³-hybridized carbons (Fsp3) is 0.143. The first kappa shape index (κ1) is 18.1. The van der Waals surface area contributed by atoms with Gasteiger partial charge in [-0.1, -0.05) is 18.2 Å². The van der Waals surface area contributed by atoms with Crippen molar-refractivity contribution in [2.24, 2.45) is 0 Å². The summed E-state index contributed by atoms with van der Waals surface area (Å²) in [5.41, 5.74) is 2.89. The fourth-order valence-electron chi connectivity index (χ4n) is 2.84. The quantitative estimate of drug-likeness (QED) is 0.477. The van der Waals surface area contributed by atoms with Crippen LogP contribution < -0.4 is 14.8 Å². The third-order valence-electron chi connectivity index (χ3n) is 4.12. The van der Waals surface area contributed by atoms with E-state index in [-0.39, 0.29) is 12.5 Å². The van der Waals surface area contributed by atoms with Crippen LogP contribution in [-0.4, -0.2) is 29.1 Å². The lowest BCUT2D eigenvalue weighted by atomic mass is 10.1. The Labute approximate surface area is 166 Å². The fourth-order valence-corrected chi connectivity index (χ4v) is 3.57. The molecule has 2 N–H and O–H groups in total. The summed E-state index contributed by atoms with van der Waals surface area (Å²) in [4.78, 5) is 19.9. The number of H-pyrrole nitrogens is 1. The Hall–Kier alpha value is -3.32. The maximum absolute atomic E-state index is 12.2. The molecule has 0 aliphatic rings. The molecule has 0 radical (unpaired) electrons. The van der Waals surface area contributed by atoms with Crippen LogP contribution in [0.4, 0.5) is 5.13 Å². The van der Waals surface area contributed by atoms with E-state index >= 15 is 0 Å². The van der Waals surface area contributed by atoms with Crippen molar-refractivity contribution in [3.05, 3.63) is 60.1 Å². The lowest BCUT2D eigenvalue weighted by molar-refractivity contribution is -0.118. The van der Waals surface area contributed by atoms with Crippen LogP contribution in [0.15, 0.2) is 60.1 Å². The highest BCUT2D eigenvalue weighted by atomic mass is 32.1. The number of nitrogens with zero attached hydrogens (tertiary/aromatic N) is 1. The van der Waals surface area contributed by atoms with Crippen LogP contribution in [0.1, 0.15) is 6.92 Å². The molecule has 0 atom stereocenters. The molecular weight excluding hydrogens is 374 g/mol. The monoisotopic (exact) mass is 393 g/mol. The zero-order valence-corrected chi connectivity index (χ0v) is 16.1. The summed E-state index contributed by atoms with van der Waals surface area (Å²) in [6.07, 6.45) is 1.93. The summed E-state index contributed by atoms with van der Waals surface area (Å²) < 4.78 is 10.9. The highest BCUT2D eigenvalue weighted by Gasteiger charge is 2.12. The van der Waals surface area contributed by atoms with E-state index in [4.69, 9.17) is 9.47 Å². The van der Waals surface area contributed by atoms with Gasteiger partial charge in [-0.15, -0.1) is 11.3 Å². The number of hydrogen-bond acceptors (Lipinski definition) is 5. The highest BCUT2D eigenvalue weighted by molar-refractivity contribution is 7.14. The molecule has 0 aliphatic carbocycles. The SMILES string of the molecule is CCOc1ccc(OCC(=O)Nc2nc(-c3c[nH]c4ccccc34)cs2)cc1. The minimum Gasteiger partial charge on any atom is -0.494 e. The van der Waals surface area contributed by atoms with Gasteiger partial charge in [0.2, 0.25) is 0 Å². The van der Waals surface area contributed by atoms with Crippen molar-refractivity contribution >= 4 is 33.3 Å². The van der Waals surface area contributed by atoms with E-state index in [1.165, 1.54) is 11.3 Å². The number of nitrogens with one attached hydrogen (secondary N) is 2. The number of aromatic amines is 1. The summed E-state index contributed by atoms with van der Waals surface area (Å²) in [6, 6.07) is 15.2. The molecular formula is C21H19N3O3S. The van der Waals surface area contributed by atoms with Gasteiger partial charge in [-0.25, -0.2) is 4.98 Å². The predicted octanol–water partition coefficient (Wildman–Crippen LogP) is 4.71. The van der Waals surface area contributed by atoms with Crippen LogP contribution >= 0.6 is 11.3 Å². The number of rotatable bonds is 7. The van der Waals surface area contributed by atoms with Crippen LogP contribution in [0.5, 0.6) is 11.5 Å². The Morgan fingerprint density at radius 3 is 2.64 bits per heavy atom. The van der Waals surface area contributed by atoms with E-state index in [2.05, 4.69) is 15.3 Å². The van der Waals surface area contributed by atoms with E-state index in [9.17, 15) is 4.79 Å². The van der Waals surface area contributed by atoms with Gasteiger partial charge in [0, 0.05) is 28.0 Å². The zero-order chi connectivity index (χ0) is 19.3. The van der Waals surface area contributed by atoms with E-state index in [1.54, 1.807) is 12.1 Å². The minimum atomic E-state index is -0.256. The molecule has 6 nitrogen and oxygen atoms in total. The lowest BCUT2D eigenvalue weighted by Gasteiger charge is -2.07. The normalized spacial score (nSPS) is 10.8. The first-order valence-corrected chi connectivity index (χ1v) is 9.78.